The zero-order valence-corrected chi connectivity index (χ0v) is 13.6. The second-order valence-electron chi connectivity index (χ2n) is 5.49. The van der Waals surface area contributed by atoms with Crippen LogP contribution in [0.5, 0.6) is 0 Å². The number of urea groups is 1. The van der Waals surface area contributed by atoms with Gasteiger partial charge < -0.3 is 15.4 Å². The first-order valence-corrected chi connectivity index (χ1v) is 7.38. The van der Waals surface area contributed by atoms with E-state index in [1.165, 1.54) is 7.11 Å². The molecule has 1 aliphatic heterocycles. The highest BCUT2D eigenvalue weighted by molar-refractivity contribution is 6.30. The lowest BCUT2D eigenvalue weighted by atomic mass is 10.0. The molecular weight excluding hydrogens is 322 g/mol. The molecule has 4 amide bonds. The third kappa shape index (κ3) is 4.00. The lowest BCUT2D eigenvalue weighted by Crippen LogP contribution is -2.48. The largest absolute Gasteiger partial charge is 0.382 e. The van der Waals surface area contributed by atoms with Gasteiger partial charge >= 0.3 is 6.03 Å². The molecule has 0 aliphatic carbocycles. The van der Waals surface area contributed by atoms with Crippen LogP contribution in [0, 0.1) is 0 Å². The molecule has 0 spiro atoms. The number of carbonyl (C=O) groups is 3. The second kappa shape index (κ2) is 6.97. The van der Waals surface area contributed by atoms with Crippen LogP contribution in [-0.2, 0) is 20.9 Å². The summed E-state index contributed by atoms with van der Waals surface area (Å²) in [6, 6.07) is 6.45. The summed E-state index contributed by atoms with van der Waals surface area (Å²) < 4.78 is 4.94. The molecule has 1 saturated heterocycles. The molecule has 7 nitrogen and oxygen atoms in total. The van der Waals surface area contributed by atoms with Crippen molar-refractivity contribution >= 4 is 29.4 Å². The van der Waals surface area contributed by atoms with Gasteiger partial charge in [0.2, 0.25) is 5.91 Å². The van der Waals surface area contributed by atoms with E-state index in [1.54, 1.807) is 25.1 Å². The highest BCUT2D eigenvalue weighted by Crippen LogP contribution is 2.17. The van der Waals surface area contributed by atoms with E-state index >= 15 is 0 Å². The summed E-state index contributed by atoms with van der Waals surface area (Å²) in [5.74, 6) is -0.919. The summed E-state index contributed by atoms with van der Waals surface area (Å²) in [6.07, 6.45) is 0. The Hall–Kier alpha value is -2.12. The Balaban J connectivity index is 1.92. The van der Waals surface area contributed by atoms with Gasteiger partial charge in [-0.2, -0.15) is 0 Å². The number of nitrogens with zero attached hydrogens (tertiary/aromatic N) is 1. The quantitative estimate of drug-likeness (QED) is 0.754. The van der Waals surface area contributed by atoms with Crippen molar-refractivity contribution in [2.75, 3.05) is 20.3 Å². The number of hydrogen-bond donors (Lipinski definition) is 2. The maximum absolute atomic E-state index is 12.2. The van der Waals surface area contributed by atoms with Gasteiger partial charge in [-0.05, 0) is 24.6 Å². The third-order valence-electron chi connectivity index (χ3n) is 3.46. The topological polar surface area (TPSA) is 87.7 Å². The number of benzene rings is 1. The molecule has 1 fully saturated rings. The Morgan fingerprint density at radius 1 is 1.43 bits per heavy atom. The van der Waals surface area contributed by atoms with Crippen molar-refractivity contribution in [3.05, 3.63) is 34.9 Å². The van der Waals surface area contributed by atoms with Crippen molar-refractivity contribution in [1.82, 2.24) is 15.5 Å². The Labute approximate surface area is 138 Å². The van der Waals surface area contributed by atoms with Crippen LogP contribution in [0.3, 0.4) is 0 Å². The van der Waals surface area contributed by atoms with Gasteiger partial charge in [0, 0.05) is 18.7 Å². The molecule has 1 aliphatic rings. The van der Waals surface area contributed by atoms with Crippen molar-refractivity contribution in [2.45, 2.75) is 19.0 Å². The van der Waals surface area contributed by atoms with Gasteiger partial charge in [0.15, 0.2) is 0 Å². The summed E-state index contributed by atoms with van der Waals surface area (Å²) in [4.78, 5) is 37.0. The highest BCUT2D eigenvalue weighted by atomic mass is 35.5. The van der Waals surface area contributed by atoms with Crippen LogP contribution in [-0.4, -0.2) is 48.5 Å². The molecule has 8 heteroatoms. The standard InChI is InChI=1S/C15H18ClN3O4/c1-15(9-23-2)13(21)19(14(22)18-15)8-12(20)17-7-10-4-3-5-11(16)6-10/h3-6H,7-9H2,1-2H3,(H,17,20)(H,18,22)/t15-/m0/s1. The van der Waals surface area contributed by atoms with Gasteiger partial charge in [-0.15, -0.1) is 0 Å². The molecule has 0 saturated carbocycles. The molecule has 1 atom stereocenters. The maximum Gasteiger partial charge on any atom is 0.325 e. The molecular formula is C15H18ClN3O4. The van der Waals surface area contributed by atoms with Crippen molar-refractivity contribution in [3.8, 4) is 0 Å². The van der Waals surface area contributed by atoms with E-state index in [0.717, 1.165) is 10.5 Å². The minimum absolute atomic E-state index is 0.0399. The van der Waals surface area contributed by atoms with E-state index in [1.807, 2.05) is 6.07 Å². The summed E-state index contributed by atoms with van der Waals surface area (Å²) >= 11 is 5.87. The SMILES string of the molecule is COC[C@]1(C)NC(=O)N(CC(=O)NCc2cccc(Cl)c2)C1=O. The zero-order chi connectivity index (χ0) is 17.0. The van der Waals surface area contributed by atoms with Crippen molar-refractivity contribution in [2.24, 2.45) is 0 Å². The minimum atomic E-state index is -1.14. The first kappa shape index (κ1) is 17.2. The van der Waals surface area contributed by atoms with E-state index in [2.05, 4.69) is 10.6 Å². The monoisotopic (exact) mass is 339 g/mol. The first-order valence-electron chi connectivity index (χ1n) is 7.00. The summed E-state index contributed by atoms with van der Waals surface area (Å²) in [5, 5.41) is 5.75. The van der Waals surface area contributed by atoms with Gasteiger partial charge in [0.25, 0.3) is 5.91 Å². The number of nitrogens with one attached hydrogen (secondary N) is 2. The fourth-order valence-electron chi connectivity index (χ4n) is 2.32. The smallest absolute Gasteiger partial charge is 0.325 e. The first-order chi connectivity index (χ1) is 10.9. The number of ether oxygens (including phenoxy) is 1. The number of hydrogen-bond acceptors (Lipinski definition) is 4. The number of rotatable bonds is 6. The molecule has 124 valence electrons. The molecule has 1 aromatic carbocycles. The predicted octanol–water partition coefficient (Wildman–Crippen LogP) is 0.913. The zero-order valence-electron chi connectivity index (χ0n) is 12.9. The van der Waals surface area contributed by atoms with E-state index in [-0.39, 0.29) is 19.7 Å². The fraction of sp³-hybridized carbons (Fsp3) is 0.400. The Bertz CT molecular complexity index is 637. The highest BCUT2D eigenvalue weighted by Gasteiger charge is 2.48. The van der Waals surface area contributed by atoms with Crippen molar-refractivity contribution in [1.29, 1.82) is 0 Å². The summed E-state index contributed by atoms with van der Waals surface area (Å²) in [6.45, 7) is 1.52. The van der Waals surface area contributed by atoms with Gasteiger partial charge in [0.05, 0.1) is 6.61 Å². The maximum atomic E-state index is 12.2. The van der Waals surface area contributed by atoms with Crippen LogP contribution in [0.15, 0.2) is 24.3 Å². The van der Waals surface area contributed by atoms with Crippen molar-refractivity contribution < 1.29 is 19.1 Å². The number of amides is 4. The van der Waals surface area contributed by atoms with E-state index < -0.39 is 23.4 Å². The Morgan fingerprint density at radius 3 is 2.83 bits per heavy atom. The lowest BCUT2D eigenvalue weighted by molar-refractivity contribution is -0.135. The average molecular weight is 340 g/mol. The number of carbonyl (C=O) groups excluding carboxylic acids is 3. The number of imide groups is 1. The lowest BCUT2D eigenvalue weighted by Gasteiger charge is -2.20. The number of halogens is 1. The normalized spacial score (nSPS) is 20.6. The van der Waals surface area contributed by atoms with E-state index in [4.69, 9.17) is 16.3 Å². The molecule has 2 N–H and O–H groups in total. The average Bonchev–Trinajstić information content (AvgIpc) is 2.69. The second-order valence-corrected chi connectivity index (χ2v) is 5.93. The molecule has 0 radical (unpaired) electrons. The summed E-state index contributed by atoms with van der Waals surface area (Å²) in [7, 11) is 1.44. The van der Waals surface area contributed by atoms with Gasteiger partial charge in [-0.3, -0.25) is 14.5 Å². The Morgan fingerprint density at radius 2 is 2.17 bits per heavy atom. The molecule has 1 heterocycles. The van der Waals surface area contributed by atoms with Crippen LogP contribution >= 0.6 is 11.6 Å². The van der Waals surface area contributed by atoms with Crippen molar-refractivity contribution in [3.63, 3.8) is 0 Å². The molecule has 1 aromatic rings. The fourth-order valence-corrected chi connectivity index (χ4v) is 2.54. The number of methoxy groups -OCH3 is 1. The van der Waals surface area contributed by atoms with E-state index in [9.17, 15) is 14.4 Å². The van der Waals surface area contributed by atoms with E-state index in [0.29, 0.717) is 5.02 Å². The van der Waals surface area contributed by atoms with Crippen LogP contribution in [0.2, 0.25) is 5.02 Å². The van der Waals surface area contributed by atoms with Crippen LogP contribution in [0.25, 0.3) is 0 Å². The Kier molecular flexibility index (Phi) is 5.23. The van der Waals surface area contributed by atoms with Crippen LogP contribution in [0.1, 0.15) is 12.5 Å². The summed E-state index contributed by atoms with van der Waals surface area (Å²) in [5.41, 5.74) is -0.314. The molecule has 2 rings (SSSR count). The molecule has 0 aromatic heterocycles. The van der Waals surface area contributed by atoms with Gasteiger partial charge in [-0.1, -0.05) is 23.7 Å². The molecule has 23 heavy (non-hydrogen) atoms. The van der Waals surface area contributed by atoms with Crippen LogP contribution in [0.4, 0.5) is 4.79 Å². The predicted molar refractivity (Wildman–Crippen MR) is 83.8 cm³/mol. The third-order valence-corrected chi connectivity index (χ3v) is 3.69. The minimum Gasteiger partial charge on any atom is -0.382 e. The van der Waals surface area contributed by atoms with Gasteiger partial charge in [0.1, 0.15) is 12.1 Å². The van der Waals surface area contributed by atoms with Crippen LogP contribution < -0.4 is 10.6 Å². The molecule has 0 bridgehead atoms. The van der Waals surface area contributed by atoms with Gasteiger partial charge in [-0.25, -0.2) is 4.79 Å². The molecule has 0 unspecified atom stereocenters.